The monoisotopic (exact) mass is 265 g/mol. The number of aromatic nitrogens is 2. The van der Waals surface area contributed by atoms with Crippen LogP contribution in [0.2, 0.25) is 0 Å². The Bertz CT molecular complexity index is 358. The van der Waals surface area contributed by atoms with Gasteiger partial charge in [0.15, 0.2) is 0 Å². The molecule has 0 saturated heterocycles. The molecule has 1 fully saturated rings. The molecule has 1 aromatic rings. The Kier molecular flexibility index (Phi) is 5.70. The number of hydrogen-bond acceptors (Lipinski definition) is 3. The first kappa shape index (κ1) is 14.4. The summed E-state index contributed by atoms with van der Waals surface area (Å²) in [4.78, 5) is 4.40. The van der Waals surface area contributed by atoms with Crippen molar-refractivity contribution in [2.45, 2.75) is 58.0 Å². The molecule has 0 spiro atoms. The van der Waals surface area contributed by atoms with E-state index in [1.165, 1.54) is 38.5 Å². The standard InChI is InChI=1S/C15H27N3O/c1-13(12-19-2)17-15-16-9-11-18(15)10-8-14-6-4-3-5-7-14/h9,11,13-14H,3-8,10,12H2,1-2H3,(H,16,17). The Morgan fingerprint density at radius 2 is 2.21 bits per heavy atom. The van der Waals surface area contributed by atoms with Gasteiger partial charge in [-0.1, -0.05) is 32.1 Å². The van der Waals surface area contributed by atoms with Crippen LogP contribution in [-0.4, -0.2) is 29.3 Å². The number of ether oxygens (including phenoxy) is 1. The lowest BCUT2D eigenvalue weighted by Gasteiger charge is -2.22. The van der Waals surface area contributed by atoms with Crippen molar-refractivity contribution in [3.05, 3.63) is 12.4 Å². The Morgan fingerprint density at radius 1 is 1.42 bits per heavy atom. The molecule has 1 aromatic heterocycles. The zero-order valence-corrected chi connectivity index (χ0v) is 12.3. The summed E-state index contributed by atoms with van der Waals surface area (Å²) in [6, 6.07) is 0.292. The fourth-order valence-corrected chi connectivity index (χ4v) is 2.94. The van der Waals surface area contributed by atoms with E-state index in [1.807, 2.05) is 6.20 Å². The lowest BCUT2D eigenvalue weighted by atomic mass is 9.87. The van der Waals surface area contributed by atoms with Gasteiger partial charge < -0.3 is 14.6 Å². The molecule has 0 aromatic carbocycles. The summed E-state index contributed by atoms with van der Waals surface area (Å²) in [5.41, 5.74) is 0. The number of nitrogens with zero attached hydrogens (tertiary/aromatic N) is 2. The molecule has 0 amide bonds. The molecule has 19 heavy (non-hydrogen) atoms. The maximum absolute atomic E-state index is 5.15. The molecule has 1 unspecified atom stereocenters. The van der Waals surface area contributed by atoms with E-state index in [0.29, 0.717) is 12.6 Å². The van der Waals surface area contributed by atoms with Gasteiger partial charge in [-0.2, -0.15) is 0 Å². The van der Waals surface area contributed by atoms with E-state index in [2.05, 4.69) is 28.0 Å². The van der Waals surface area contributed by atoms with Crippen molar-refractivity contribution >= 4 is 5.95 Å². The van der Waals surface area contributed by atoms with Gasteiger partial charge in [0.25, 0.3) is 0 Å². The lowest BCUT2D eigenvalue weighted by molar-refractivity contribution is 0.190. The first-order valence-corrected chi connectivity index (χ1v) is 7.56. The van der Waals surface area contributed by atoms with Crippen molar-refractivity contribution in [2.24, 2.45) is 5.92 Å². The second-order valence-electron chi connectivity index (χ2n) is 5.74. The third kappa shape index (κ3) is 4.53. The van der Waals surface area contributed by atoms with E-state index in [4.69, 9.17) is 4.74 Å². The smallest absolute Gasteiger partial charge is 0.203 e. The topological polar surface area (TPSA) is 39.1 Å². The van der Waals surface area contributed by atoms with E-state index in [9.17, 15) is 0 Å². The summed E-state index contributed by atoms with van der Waals surface area (Å²) in [6.45, 7) is 3.89. The molecule has 1 saturated carbocycles. The number of anilines is 1. The van der Waals surface area contributed by atoms with Crippen LogP contribution in [0.4, 0.5) is 5.95 Å². The molecule has 2 rings (SSSR count). The third-order valence-corrected chi connectivity index (χ3v) is 4.01. The minimum atomic E-state index is 0.292. The van der Waals surface area contributed by atoms with Gasteiger partial charge in [0, 0.05) is 32.1 Å². The summed E-state index contributed by atoms with van der Waals surface area (Å²) in [7, 11) is 1.73. The predicted molar refractivity (Wildman–Crippen MR) is 78.4 cm³/mol. The minimum Gasteiger partial charge on any atom is -0.383 e. The minimum absolute atomic E-state index is 0.292. The van der Waals surface area contributed by atoms with Crippen LogP contribution in [-0.2, 0) is 11.3 Å². The van der Waals surface area contributed by atoms with Crippen molar-refractivity contribution in [1.82, 2.24) is 9.55 Å². The molecule has 4 heteroatoms. The van der Waals surface area contributed by atoms with Gasteiger partial charge in [-0.25, -0.2) is 4.98 Å². The average molecular weight is 265 g/mol. The fraction of sp³-hybridized carbons (Fsp3) is 0.800. The zero-order valence-electron chi connectivity index (χ0n) is 12.3. The third-order valence-electron chi connectivity index (χ3n) is 4.01. The van der Waals surface area contributed by atoms with Gasteiger partial charge in [0.2, 0.25) is 5.95 Å². The molecule has 4 nitrogen and oxygen atoms in total. The molecular formula is C15H27N3O. The molecule has 1 atom stereocenters. The van der Waals surface area contributed by atoms with Crippen molar-refractivity contribution in [3.63, 3.8) is 0 Å². The van der Waals surface area contributed by atoms with Crippen molar-refractivity contribution < 1.29 is 4.74 Å². The fourth-order valence-electron chi connectivity index (χ4n) is 2.94. The first-order chi connectivity index (χ1) is 9.29. The van der Waals surface area contributed by atoms with Gasteiger partial charge in [0.1, 0.15) is 0 Å². The lowest BCUT2D eigenvalue weighted by Crippen LogP contribution is -2.23. The van der Waals surface area contributed by atoms with Crippen LogP contribution in [0.25, 0.3) is 0 Å². The van der Waals surface area contributed by atoms with Crippen LogP contribution in [0.5, 0.6) is 0 Å². The Balaban J connectivity index is 1.81. The van der Waals surface area contributed by atoms with Crippen LogP contribution in [0, 0.1) is 5.92 Å². The first-order valence-electron chi connectivity index (χ1n) is 7.56. The molecule has 1 aliphatic carbocycles. The Morgan fingerprint density at radius 3 is 2.95 bits per heavy atom. The highest BCUT2D eigenvalue weighted by Crippen LogP contribution is 2.27. The second kappa shape index (κ2) is 7.53. The number of hydrogen-bond donors (Lipinski definition) is 1. The van der Waals surface area contributed by atoms with E-state index in [0.717, 1.165) is 18.4 Å². The molecule has 0 bridgehead atoms. The summed E-state index contributed by atoms with van der Waals surface area (Å²) in [5.74, 6) is 1.89. The number of nitrogens with one attached hydrogen (secondary N) is 1. The Hall–Kier alpha value is -1.03. The highest BCUT2D eigenvalue weighted by Gasteiger charge is 2.14. The molecule has 108 valence electrons. The molecule has 0 aliphatic heterocycles. The normalized spacial score (nSPS) is 18.4. The largest absolute Gasteiger partial charge is 0.383 e. The maximum Gasteiger partial charge on any atom is 0.203 e. The van der Waals surface area contributed by atoms with Crippen molar-refractivity contribution in [3.8, 4) is 0 Å². The molecular weight excluding hydrogens is 238 g/mol. The molecule has 1 N–H and O–H groups in total. The number of aryl methyl sites for hydroxylation is 1. The average Bonchev–Trinajstić information content (AvgIpc) is 2.85. The van der Waals surface area contributed by atoms with Crippen molar-refractivity contribution in [1.29, 1.82) is 0 Å². The van der Waals surface area contributed by atoms with E-state index >= 15 is 0 Å². The van der Waals surface area contributed by atoms with Crippen LogP contribution in [0.1, 0.15) is 45.4 Å². The highest BCUT2D eigenvalue weighted by molar-refractivity contribution is 5.27. The van der Waals surface area contributed by atoms with E-state index in [-0.39, 0.29) is 0 Å². The van der Waals surface area contributed by atoms with Crippen LogP contribution in [0.15, 0.2) is 12.4 Å². The Labute approximate surface area is 116 Å². The maximum atomic E-state index is 5.15. The molecule has 0 radical (unpaired) electrons. The van der Waals surface area contributed by atoms with Crippen LogP contribution < -0.4 is 5.32 Å². The van der Waals surface area contributed by atoms with Crippen molar-refractivity contribution in [2.75, 3.05) is 19.0 Å². The van der Waals surface area contributed by atoms with Gasteiger partial charge in [-0.3, -0.25) is 0 Å². The van der Waals surface area contributed by atoms with Gasteiger partial charge in [0.05, 0.1) is 6.61 Å². The van der Waals surface area contributed by atoms with E-state index in [1.54, 1.807) is 7.11 Å². The predicted octanol–water partition coefficient (Wildman–Crippen LogP) is 3.30. The summed E-state index contributed by atoms with van der Waals surface area (Å²) in [5, 5.41) is 3.41. The van der Waals surface area contributed by atoms with E-state index < -0.39 is 0 Å². The number of rotatable bonds is 7. The zero-order chi connectivity index (χ0) is 13.5. The van der Waals surface area contributed by atoms with Crippen LogP contribution >= 0.6 is 0 Å². The molecule has 1 aliphatic rings. The quantitative estimate of drug-likeness (QED) is 0.822. The summed E-state index contributed by atoms with van der Waals surface area (Å²) < 4.78 is 7.38. The second-order valence-corrected chi connectivity index (χ2v) is 5.74. The van der Waals surface area contributed by atoms with Gasteiger partial charge in [-0.05, 0) is 19.3 Å². The summed E-state index contributed by atoms with van der Waals surface area (Å²) in [6.07, 6.45) is 12.3. The highest BCUT2D eigenvalue weighted by atomic mass is 16.5. The van der Waals surface area contributed by atoms with Gasteiger partial charge in [-0.15, -0.1) is 0 Å². The van der Waals surface area contributed by atoms with Gasteiger partial charge >= 0.3 is 0 Å². The number of methoxy groups -OCH3 is 1. The SMILES string of the molecule is COCC(C)Nc1nccn1CCC1CCCCC1. The summed E-state index contributed by atoms with van der Waals surface area (Å²) >= 11 is 0. The van der Waals surface area contributed by atoms with Crippen LogP contribution in [0.3, 0.4) is 0 Å². The molecule has 1 heterocycles. The number of imidazole rings is 1.